The number of nitrogens with one attached hydrogen (secondary N) is 1. The molecule has 0 aliphatic carbocycles. The molecule has 2 aromatic rings. The average Bonchev–Trinajstić information content (AvgIpc) is 3.06. The van der Waals surface area contributed by atoms with Gasteiger partial charge in [0.1, 0.15) is 11.8 Å². The highest BCUT2D eigenvalue weighted by Crippen LogP contribution is 2.27. The van der Waals surface area contributed by atoms with E-state index < -0.39 is 6.04 Å². The number of benzene rings is 1. The Morgan fingerprint density at radius 3 is 2.81 bits per heavy atom. The molecule has 2 amide bonds. The molecule has 108 valence electrons. The first-order valence-electron chi connectivity index (χ1n) is 6.76. The lowest BCUT2D eigenvalue weighted by molar-refractivity contribution is -0.120. The third kappa shape index (κ3) is 2.65. The van der Waals surface area contributed by atoms with Crippen molar-refractivity contribution >= 4 is 23.3 Å². The van der Waals surface area contributed by atoms with Crippen molar-refractivity contribution in [1.29, 1.82) is 0 Å². The number of aromatic nitrogens is 1. The predicted octanol–water partition coefficient (Wildman–Crippen LogP) is 2.12. The van der Waals surface area contributed by atoms with E-state index in [1.165, 1.54) is 0 Å². The van der Waals surface area contributed by atoms with Gasteiger partial charge in [0.15, 0.2) is 5.82 Å². The van der Waals surface area contributed by atoms with Crippen molar-refractivity contribution in [3.8, 4) is 0 Å². The van der Waals surface area contributed by atoms with Gasteiger partial charge < -0.3 is 9.84 Å². The first kappa shape index (κ1) is 13.4. The number of para-hydroxylation sites is 1. The number of hydrogen-bond donors (Lipinski definition) is 1. The minimum absolute atomic E-state index is 0.0438. The van der Waals surface area contributed by atoms with Crippen LogP contribution in [0, 0.1) is 6.92 Å². The SMILES string of the molecule is Cc1cc(NC(=O)C2CCC(=O)N2c2ccccc2)no1. The first-order valence-corrected chi connectivity index (χ1v) is 6.76. The van der Waals surface area contributed by atoms with Crippen LogP contribution in [0.15, 0.2) is 40.9 Å². The van der Waals surface area contributed by atoms with Crippen LogP contribution in [0.5, 0.6) is 0 Å². The highest BCUT2D eigenvalue weighted by molar-refractivity contribution is 6.07. The van der Waals surface area contributed by atoms with Gasteiger partial charge in [-0.25, -0.2) is 0 Å². The van der Waals surface area contributed by atoms with Gasteiger partial charge in [0.25, 0.3) is 0 Å². The molecule has 1 saturated heterocycles. The highest BCUT2D eigenvalue weighted by Gasteiger charge is 2.37. The molecule has 3 rings (SSSR count). The summed E-state index contributed by atoms with van der Waals surface area (Å²) in [6, 6.07) is 10.3. The minimum atomic E-state index is -0.517. The lowest BCUT2D eigenvalue weighted by Crippen LogP contribution is -2.41. The van der Waals surface area contributed by atoms with E-state index in [1.807, 2.05) is 30.3 Å². The molecule has 0 radical (unpaired) electrons. The molecule has 2 heterocycles. The maximum Gasteiger partial charge on any atom is 0.248 e. The second-order valence-corrected chi connectivity index (χ2v) is 4.97. The van der Waals surface area contributed by atoms with Gasteiger partial charge in [-0.2, -0.15) is 0 Å². The summed E-state index contributed by atoms with van der Waals surface area (Å²) in [4.78, 5) is 26.0. The van der Waals surface area contributed by atoms with Crippen LogP contribution in [0.2, 0.25) is 0 Å². The van der Waals surface area contributed by atoms with E-state index in [0.29, 0.717) is 24.4 Å². The molecule has 1 aliphatic rings. The number of anilines is 2. The fourth-order valence-electron chi connectivity index (χ4n) is 2.48. The zero-order valence-electron chi connectivity index (χ0n) is 11.6. The third-order valence-electron chi connectivity index (χ3n) is 3.43. The molecular weight excluding hydrogens is 270 g/mol. The maximum atomic E-state index is 12.4. The van der Waals surface area contributed by atoms with E-state index in [-0.39, 0.29) is 11.8 Å². The number of carbonyl (C=O) groups excluding carboxylic acids is 2. The van der Waals surface area contributed by atoms with E-state index in [0.717, 1.165) is 5.69 Å². The van der Waals surface area contributed by atoms with E-state index in [1.54, 1.807) is 17.9 Å². The fourth-order valence-corrected chi connectivity index (χ4v) is 2.48. The number of amides is 2. The highest BCUT2D eigenvalue weighted by atomic mass is 16.5. The van der Waals surface area contributed by atoms with Gasteiger partial charge in [-0.3, -0.25) is 14.5 Å². The minimum Gasteiger partial charge on any atom is -0.360 e. The molecule has 1 fully saturated rings. The Labute approximate surface area is 121 Å². The van der Waals surface area contributed by atoms with Gasteiger partial charge >= 0.3 is 0 Å². The van der Waals surface area contributed by atoms with Crippen LogP contribution in [0.1, 0.15) is 18.6 Å². The summed E-state index contributed by atoms with van der Waals surface area (Å²) in [5.74, 6) is 0.688. The molecule has 1 N–H and O–H groups in total. The van der Waals surface area contributed by atoms with E-state index in [2.05, 4.69) is 10.5 Å². The Kier molecular flexibility index (Phi) is 3.43. The number of hydrogen-bond acceptors (Lipinski definition) is 4. The van der Waals surface area contributed by atoms with Crippen molar-refractivity contribution in [3.05, 3.63) is 42.2 Å². The van der Waals surface area contributed by atoms with Crippen LogP contribution in [-0.4, -0.2) is 23.0 Å². The van der Waals surface area contributed by atoms with Crippen LogP contribution >= 0.6 is 0 Å². The summed E-state index contributed by atoms with van der Waals surface area (Å²) in [6.07, 6.45) is 0.862. The van der Waals surface area contributed by atoms with Crippen molar-refractivity contribution in [3.63, 3.8) is 0 Å². The van der Waals surface area contributed by atoms with Crippen LogP contribution < -0.4 is 10.2 Å². The van der Waals surface area contributed by atoms with Gasteiger partial charge in [-0.15, -0.1) is 0 Å². The van der Waals surface area contributed by atoms with Crippen molar-refractivity contribution in [1.82, 2.24) is 5.16 Å². The maximum absolute atomic E-state index is 12.4. The molecule has 0 saturated carbocycles. The topological polar surface area (TPSA) is 75.4 Å². The normalized spacial score (nSPS) is 18.0. The van der Waals surface area contributed by atoms with Crippen LogP contribution in [0.3, 0.4) is 0 Å². The Balaban J connectivity index is 1.80. The zero-order valence-corrected chi connectivity index (χ0v) is 11.6. The van der Waals surface area contributed by atoms with Gasteiger partial charge in [0, 0.05) is 18.2 Å². The molecule has 0 spiro atoms. The Hall–Kier alpha value is -2.63. The van der Waals surface area contributed by atoms with Crippen molar-refractivity contribution in [2.45, 2.75) is 25.8 Å². The number of carbonyl (C=O) groups is 2. The van der Waals surface area contributed by atoms with Crippen LogP contribution in [0.25, 0.3) is 0 Å². The smallest absolute Gasteiger partial charge is 0.248 e. The zero-order chi connectivity index (χ0) is 14.8. The number of rotatable bonds is 3. The molecular formula is C15H15N3O3. The molecule has 1 atom stereocenters. The first-order chi connectivity index (χ1) is 10.1. The molecule has 1 aliphatic heterocycles. The lowest BCUT2D eigenvalue weighted by atomic mass is 10.2. The van der Waals surface area contributed by atoms with E-state index in [9.17, 15) is 9.59 Å². The standard InChI is InChI=1S/C15H15N3O3/c1-10-9-13(17-21-10)16-15(20)12-7-8-14(19)18(12)11-5-3-2-4-6-11/h2-6,9,12H,7-8H2,1H3,(H,16,17,20). The van der Waals surface area contributed by atoms with E-state index >= 15 is 0 Å². The van der Waals surface area contributed by atoms with Gasteiger partial charge in [0.2, 0.25) is 11.8 Å². The largest absolute Gasteiger partial charge is 0.360 e. The third-order valence-corrected chi connectivity index (χ3v) is 3.43. The summed E-state index contributed by atoms with van der Waals surface area (Å²) in [6.45, 7) is 1.75. The second-order valence-electron chi connectivity index (χ2n) is 4.97. The summed E-state index contributed by atoms with van der Waals surface area (Å²) in [5, 5.41) is 6.42. The summed E-state index contributed by atoms with van der Waals surface area (Å²) in [7, 11) is 0. The fraction of sp³-hybridized carbons (Fsp3) is 0.267. The summed E-state index contributed by atoms with van der Waals surface area (Å²) < 4.78 is 4.92. The molecule has 1 aromatic carbocycles. The lowest BCUT2D eigenvalue weighted by Gasteiger charge is -2.23. The Morgan fingerprint density at radius 1 is 1.38 bits per heavy atom. The summed E-state index contributed by atoms with van der Waals surface area (Å²) in [5.41, 5.74) is 0.733. The van der Waals surface area contributed by atoms with Crippen LogP contribution in [0.4, 0.5) is 11.5 Å². The molecule has 6 nitrogen and oxygen atoms in total. The number of nitrogens with zero attached hydrogens (tertiary/aromatic N) is 2. The monoisotopic (exact) mass is 285 g/mol. The predicted molar refractivity (Wildman–Crippen MR) is 76.8 cm³/mol. The molecule has 1 unspecified atom stereocenters. The van der Waals surface area contributed by atoms with Gasteiger partial charge in [-0.1, -0.05) is 23.4 Å². The molecule has 1 aromatic heterocycles. The quantitative estimate of drug-likeness (QED) is 0.937. The Morgan fingerprint density at radius 2 is 2.14 bits per heavy atom. The second kappa shape index (κ2) is 5.40. The van der Waals surface area contributed by atoms with Crippen molar-refractivity contribution in [2.24, 2.45) is 0 Å². The summed E-state index contributed by atoms with van der Waals surface area (Å²) >= 11 is 0. The molecule has 6 heteroatoms. The van der Waals surface area contributed by atoms with Gasteiger partial charge in [0.05, 0.1) is 0 Å². The number of aryl methyl sites for hydroxylation is 1. The average molecular weight is 285 g/mol. The van der Waals surface area contributed by atoms with E-state index in [4.69, 9.17) is 4.52 Å². The molecule has 21 heavy (non-hydrogen) atoms. The van der Waals surface area contributed by atoms with Crippen LogP contribution in [-0.2, 0) is 9.59 Å². The Bertz CT molecular complexity index is 666. The molecule has 0 bridgehead atoms. The van der Waals surface area contributed by atoms with Gasteiger partial charge in [-0.05, 0) is 25.5 Å². The van der Waals surface area contributed by atoms with Crippen molar-refractivity contribution in [2.75, 3.05) is 10.2 Å². The van der Waals surface area contributed by atoms with Crippen molar-refractivity contribution < 1.29 is 14.1 Å².